The molecule has 1 fully saturated rings. The molecular weight excluding hydrogens is 408 g/mol. The van der Waals surface area contributed by atoms with Crippen LogP contribution < -0.4 is 4.90 Å². The average molecular weight is 427 g/mol. The SMILES string of the molecule is Cc1nc(-c2cc3nc(Cl)nc(N4CCOCC4)c3o2)cn1S(=O)(=O)N(C)C. The quantitative estimate of drug-likeness (QED) is 0.578. The Balaban J connectivity index is 1.81. The van der Waals surface area contributed by atoms with Gasteiger partial charge in [0.15, 0.2) is 17.2 Å². The van der Waals surface area contributed by atoms with Gasteiger partial charge in [0, 0.05) is 33.3 Å². The van der Waals surface area contributed by atoms with Crippen molar-refractivity contribution in [3.05, 3.63) is 23.4 Å². The minimum atomic E-state index is -3.68. The molecular formula is C16H19ClN6O4S. The van der Waals surface area contributed by atoms with Crippen LogP contribution in [0.15, 0.2) is 16.7 Å². The fourth-order valence-corrected chi connectivity index (χ4v) is 4.12. The van der Waals surface area contributed by atoms with Crippen molar-refractivity contribution in [2.75, 3.05) is 45.3 Å². The van der Waals surface area contributed by atoms with Crippen LogP contribution in [-0.4, -0.2) is 72.0 Å². The zero-order valence-corrected chi connectivity index (χ0v) is 17.2. The van der Waals surface area contributed by atoms with Gasteiger partial charge in [-0.2, -0.15) is 17.7 Å². The van der Waals surface area contributed by atoms with Gasteiger partial charge < -0.3 is 14.1 Å². The third-order valence-electron chi connectivity index (χ3n) is 4.44. The first-order chi connectivity index (χ1) is 13.3. The normalized spacial score (nSPS) is 15.7. The molecule has 10 nitrogen and oxygen atoms in total. The van der Waals surface area contributed by atoms with E-state index in [9.17, 15) is 8.42 Å². The van der Waals surface area contributed by atoms with E-state index in [0.29, 0.717) is 60.5 Å². The van der Waals surface area contributed by atoms with Crippen molar-refractivity contribution >= 4 is 38.7 Å². The van der Waals surface area contributed by atoms with Crippen LogP contribution in [0.3, 0.4) is 0 Å². The second kappa shape index (κ2) is 6.99. The van der Waals surface area contributed by atoms with Crippen LogP contribution in [-0.2, 0) is 14.9 Å². The van der Waals surface area contributed by atoms with E-state index >= 15 is 0 Å². The number of hydrogen-bond donors (Lipinski definition) is 0. The molecule has 0 unspecified atom stereocenters. The molecule has 3 aromatic rings. The maximum absolute atomic E-state index is 12.4. The van der Waals surface area contributed by atoms with Gasteiger partial charge in [0.25, 0.3) is 0 Å². The first-order valence-electron chi connectivity index (χ1n) is 8.56. The standard InChI is InChI=1S/C16H19ClN6O4S/c1-10-18-12(9-23(10)28(24,25)21(2)3)13-8-11-14(27-13)15(20-16(17)19-11)22-4-6-26-7-5-22/h8-9H,4-7H2,1-3H3. The van der Waals surface area contributed by atoms with E-state index in [-0.39, 0.29) is 5.28 Å². The van der Waals surface area contributed by atoms with E-state index in [1.54, 1.807) is 13.0 Å². The predicted octanol–water partition coefficient (Wildman–Crippen LogP) is 1.54. The van der Waals surface area contributed by atoms with Crippen LogP contribution in [0.1, 0.15) is 5.82 Å². The first kappa shape index (κ1) is 19.1. The summed E-state index contributed by atoms with van der Waals surface area (Å²) >= 11 is 6.10. The lowest BCUT2D eigenvalue weighted by atomic mass is 10.3. The summed E-state index contributed by atoms with van der Waals surface area (Å²) in [5, 5.41) is 0.109. The molecule has 28 heavy (non-hydrogen) atoms. The molecule has 4 rings (SSSR count). The zero-order valence-electron chi connectivity index (χ0n) is 15.6. The van der Waals surface area contributed by atoms with E-state index in [4.69, 9.17) is 20.8 Å². The highest BCUT2D eigenvalue weighted by atomic mass is 35.5. The maximum atomic E-state index is 12.4. The molecule has 1 saturated heterocycles. The Kier molecular flexibility index (Phi) is 4.78. The van der Waals surface area contributed by atoms with E-state index in [1.165, 1.54) is 20.3 Å². The van der Waals surface area contributed by atoms with Crippen LogP contribution in [0.5, 0.6) is 0 Å². The summed E-state index contributed by atoms with van der Waals surface area (Å²) in [6.45, 7) is 4.11. The Morgan fingerprint density at radius 3 is 2.57 bits per heavy atom. The Bertz CT molecular complexity index is 1130. The summed E-state index contributed by atoms with van der Waals surface area (Å²) in [5.74, 6) is 1.29. The molecule has 0 atom stereocenters. The zero-order chi connectivity index (χ0) is 20.1. The molecule has 0 amide bonds. The molecule has 12 heteroatoms. The smallest absolute Gasteiger partial charge is 0.308 e. The number of ether oxygens (including phenoxy) is 1. The number of nitrogens with zero attached hydrogens (tertiary/aromatic N) is 6. The van der Waals surface area contributed by atoms with Gasteiger partial charge in [-0.25, -0.2) is 13.9 Å². The second-order valence-electron chi connectivity index (χ2n) is 6.50. The van der Waals surface area contributed by atoms with Crippen molar-refractivity contribution in [3.63, 3.8) is 0 Å². The van der Waals surface area contributed by atoms with E-state index in [1.807, 2.05) is 4.90 Å². The van der Waals surface area contributed by atoms with Gasteiger partial charge in [0.05, 0.1) is 19.4 Å². The number of rotatable bonds is 4. The van der Waals surface area contributed by atoms with E-state index in [0.717, 1.165) is 8.28 Å². The molecule has 0 aromatic carbocycles. The van der Waals surface area contributed by atoms with E-state index in [2.05, 4.69) is 15.0 Å². The lowest BCUT2D eigenvalue weighted by Crippen LogP contribution is -2.36. The molecule has 0 spiro atoms. The van der Waals surface area contributed by atoms with E-state index < -0.39 is 10.2 Å². The topological polar surface area (TPSA) is 107 Å². The summed E-state index contributed by atoms with van der Waals surface area (Å²) in [5.41, 5.74) is 1.38. The molecule has 4 heterocycles. The number of hydrogen-bond acceptors (Lipinski definition) is 8. The van der Waals surface area contributed by atoms with Crippen LogP contribution in [0.4, 0.5) is 5.82 Å². The number of anilines is 1. The molecule has 3 aromatic heterocycles. The third kappa shape index (κ3) is 3.24. The molecule has 0 radical (unpaired) electrons. The highest BCUT2D eigenvalue weighted by molar-refractivity contribution is 7.87. The summed E-state index contributed by atoms with van der Waals surface area (Å²) < 4.78 is 38.5. The van der Waals surface area contributed by atoms with Crippen molar-refractivity contribution in [3.8, 4) is 11.5 Å². The minimum Gasteiger partial charge on any atom is -0.449 e. The van der Waals surface area contributed by atoms with Crippen LogP contribution in [0.25, 0.3) is 22.6 Å². The number of halogens is 1. The Morgan fingerprint density at radius 1 is 1.18 bits per heavy atom. The second-order valence-corrected chi connectivity index (χ2v) is 8.86. The van der Waals surface area contributed by atoms with Crippen molar-refractivity contribution in [2.45, 2.75) is 6.92 Å². The number of aryl methyl sites for hydroxylation is 1. The Hall–Kier alpha value is -2.21. The van der Waals surface area contributed by atoms with Gasteiger partial charge in [-0.05, 0) is 18.5 Å². The number of imidazole rings is 1. The number of morpholine rings is 1. The molecule has 1 aliphatic rings. The first-order valence-corrected chi connectivity index (χ1v) is 10.3. The van der Waals surface area contributed by atoms with Gasteiger partial charge in [0.2, 0.25) is 5.28 Å². The minimum absolute atomic E-state index is 0.109. The third-order valence-corrected chi connectivity index (χ3v) is 6.40. The Morgan fingerprint density at radius 2 is 1.89 bits per heavy atom. The van der Waals surface area contributed by atoms with Gasteiger partial charge in [-0.3, -0.25) is 0 Å². The van der Waals surface area contributed by atoms with Crippen LogP contribution in [0, 0.1) is 6.92 Å². The molecule has 0 N–H and O–H groups in total. The number of aromatic nitrogens is 4. The highest BCUT2D eigenvalue weighted by Gasteiger charge is 2.24. The fraction of sp³-hybridized carbons (Fsp3) is 0.438. The van der Waals surface area contributed by atoms with Crippen molar-refractivity contribution < 1.29 is 17.6 Å². The molecule has 0 aliphatic carbocycles. The lowest BCUT2D eigenvalue weighted by Gasteiger charge is -2.27. The van der Waals surface area contributed by atoms with Crippen molar-refractivity contribution in [1.29, 1.82) is 0 Å². The van der Waals surface area contributed by atoms with Gasteiger partial charge in [-0.1, -0.05) is 0 Å². The van der Waals surface area contributed by atoms with Gasteiger partial charge in [-0.15, -0.1) is 0 Å². The highest BCUT2D eigenvalue weighted by Crippen LogP contribution is 2.33. The van der Waals surface area contributed by atoms with Crippen LogP contribution >= 0.6 is 11.6 Å². The monoisotopic (exact) mass is 426 g/mol. The fourth-order valence-electron chi connectivity index (χ4n) is 2.99. The summed E-state index contributed by atoms with van der Waals surface area (Å²) in [7, 11) is -0.762. The maximum Gasteiger partial charge on any atom is 0.308 e. The summed E-state index contributed by atoms with van der Waals surface area (Å²) in [4.78, 5) is 14.9. The lowest BCUT2D eigenvalue weighted by molar-refractivity contribution is 0.122. The van der Waals surface area contributed by atoms with Gasteiger partial charge in [0.1, 0.15) is 17.0 Å². The number of furan rings is 1. The van der Waals surface area contributed by atoms with Crippen molar-refractivity contribution in [2.24, 2.45) is 0 Å². The predicted molar refractivity (Wildman–Crippen MR) is 104 cm³/mol. The number of fused-ring (bicyclic) bond motifs is 1. The molecule has 150 valence electrons. The van der Waals surface area contributed by atoms with Crippen molar-refractivity contribution in [1.82, 2.24) is 23.2 Å². The molecule has 0 saturated carbocycles. The van der Waals surface area contributed by atoms with Gasteiger partial charge >= 0.3 is 10.2 Å². The summed E-state index contributed by atoms with van der Waals surface area (Å²) in [6, 6.07) is 1.68. The molecule has 0 bridgehead atoms. The molecule has 1 aliphatic heterocycles. The summed E-state index contributed by atoms with van der Waals surface area (Å²) in [6.07, 6.45) is 1.42. The Labute approximate surface area is 166 Å². The largest absolute Gasteiger partial charge is 0.449 e. The van der Waals surface area contributed by atoms with Crippen LogP contribution in [0.2, 0.25) is 5.28 Å². The average Bonchev–Trinajstić information content (AvgIpc) is 3.25.